The highest BCUT2D eigenvalue weighted by molar-refractivity contribution is 14.2. The zero-order chi connectivity index (χ0) is 25.1. The van der Waals surface area contributed by atoms with Gasteiger partial charge in [0.2, 0.25) is 0 Å². The molecule has 2 aromatic rings. The molecule has 0 saturated carbocycles. The molecule has 2 aliphatic heterocycles. The number of nitrogens with zero attached hydrogens (tertiary/aromatic N) is 4. The van der Waals surface area contributed by atoms with E-state index < -0.39 is 39.2 Å². The number of ether oxygens (including phenoxy) is 1. The summed E-state index contributed by atoms with van der Waals surface area (Å²) in [6.07, 6.45) is -0.144. The van der Waals surface area contributed by atoms with E-state index in [2.05, 4.69) is 48.8 Å². The van der Waals surface area contributed by atoms with Crippen molar-refractivity contribution >= 4 is 54.6 Å². The first-order valence-corrected chi connectivity index (χ1v) is 14.8. The van der Waals surface area contributed by atoms with Crippen molar-refractivity contribution in [2.75, 3.05) is 36.4 Å². The molecule has 1 aromatic carbocycles. The molecule has 11 heteroatoms. The molecule has 0 spiro atoms. The van der Waals surface area contributed by atoms with E-state index in [-0.39, 0.29) is 9.97 Å². The minimum Gasteiger partial charge on any atom is -0.441 e. The summed E-state index contributed by atoms with van der Waals surface area (Å²) in [5.74, 6) is 1.14. The number of hydrogen-bond acceptors (Lipinski definition) is 8. The molecule has 2 aliphatic rings. The number of cyclic esters (lactones) is 1. The second-order valence-electron chi connectivity index (χ2n) is 9.04. The van der Waals surface area contributed by atoms with Crippen molar-refractivity contribution < 1.29 is 14.6 Å². The van der Waals surface area contributed by atoms with E-state index in [0.29, 0.717) is 43.1 Å². The van der Waals surface area contributed by atoms with E-state index in [4.69, 9.17) is 16.3 Å². The van der Waals surface area contributed by atoms with Crippen molar-refractivity contribution in [2.45, 2.75) is 49.1 Å². The van der Waals surface area contributed by atoms with E-state index in [0.717, 1.165) is 16.9 Å². The lowest BCUT2D eigenvalue weighted by atomic mass is 9.95. The van der Waals surface area contributed by atoms with Crippen LogP contribution in [0.25, 0.3) is 0 Å². The summed E-state index contributed by atoms with van der Waals surface area (Å²) in [5.41, 5.74) is 1.83. The Morgan fingerprint density at radius 1 is 1.31 bits per heavy atom. The topological polar surface area (TPSA) is 103 Å². The summed E-state index contributed by atoms with van der Waals surface area (Å²) in [6, 6.07) is 8.02. The van der Waals surface area contributed by atoms with Crippen molar-refractivity contribution in [3.05, 3.63) is 46.7 Å². The zero-order valence-corrected chi connectivity index (χ0v) is 23.0. The molecular weight excluding hydrogens is 583 g/mol. The van der Waals surface area contributed by atoms with Gasteiger partial charge >= 0.3 is 6.09 Å². The number of anilines is 2. The molecule has 190 valence electrons. The first kappa shape index (κ1) is 26.2. The lowest BCUT2D eigenvalue weighted by molar-refractivity contribution is -0.0213. The number of nitrogens with one attached hydrogen (secondary N) is 2. The molecule has 9 nitrogen and oxygen atoms in total. The van der Waals surface area contributed by atoms with E-state index in [1.165, 1.54) is 6.33 Å². The quantitative estimate of drug-likeness (QED) is 0.235. The summed E-state index contributed by atoms with van der Waals surface area (Å²) in [4.78, 5) is 25.0. The van der Waals surface area contributed by atoms with E-state index in [1.54, 1.807) is 0 Å². The molecule has 4 atom stereocenters. The van der Waals surface area contributed by atoms with Gasteiger partial charge in [-0.05, 0) is 24.6 Å². The third-order valence-electron chi connectivity index (χ3n) is 6.35. The number of aliphatic hydroxyl groups excluding tert-OH is 1. The molecule has 1 fully saturated rings. The van der Waals surface area contributed by atoms with Crippen LogP contribution in [0.4, 0.5) is 16.4 Å². The fourth-order valence-corrected chi connectivity index (χ4v) is 6.46. The Bertz CT molecular complexity index is 1060. The van der Waals surface area contributed by atoms with Crippen LogP contribution in [0.5, 0.6) is 0 Å². The van der Waals surface area contributed by atoms with Gasteiger partial charge in [0, 0.05) is 43.2 Å². The van der Waals surface area contributed by atoms with Gasteiger partial charge in [-0.25, -0.2) is 14.8 Å². The molecule has 0 radical (unpaired) electrons. The van der Waals surface area contributed by atoms with Crippen LogP contribution >= 0.6 is 32.3 Å². The van der Waals surface area contributed by atoms with Gasteiger partial charge in [-0.2, -0.15) is 0 Å². The van der Waals surface area contributed by atoms with Gasteiger partial charge in [-0.3, -0.25) is 10.2 Å². The highest BCUT2D eigenvalue weighted by Crippen LogP contribution is 2.38. The van der Waals surface area contributed by atoms with Crippen LogP contribution in [0.15, 0.2) is 30.6 Å². The van der Waals surface area contributed by atoms with Crippen LogP contribution in [0.1, 0.15) is 43.9 Å². The van der Waals surface area contributed by atoms with E-state index in [1.807, 2.05) is 31.2 Å². The van der Waals surface area contributed by atoms with Crippen LogP contribution in [0, 0.1) is 0 Å². The minimum absolute atomic E-state index is 0.111. The Hall–Kier alpha value is -1.86. The van der Waals surface area contributed by atoms with Crippen molar-refractivity contribution in [3.8, 4) is 0 Å². The number of aliphatic hydroxyl groups is 1. The van der Waals surface area contributed by atoms with Crippen LogP contribution in [-0.2, 0) is 4.74 Å². The number of carbonyl (C=O) groups is 1. The second-order valence-corrected chi connectivity index (χ2v) is 11.8. The summed E-state index contributed by atoms with van der Waals surface area (Å²) in [7, 11) is 0. The largest absolute Gasteiger partial charge is 0.441 e. The SMILES string of the molecule is C=I[C@H]1CN(C(O)[C@H](CNC(C)C)c2ccc(Cl)cc2)CCN1c1ncnc2c1[C@H](C)OC(=O)N2. The van der Waals surface area contributed by atoms with Gasteiger partial charge in [0.1, 0.15) is 30.3 Å². The lowest BCUT2D eigenvalue weighted by Crippen LogP contribution is -2.56. The number of amides is 1. The standard InChI is InChI=1S/C24H32ClIN6O3/c1-14(2)27-11-18(16-5-7-17(25)8-6-16)23(33)31-9-10-32(19(12-31)26-4)22-20-15(3)35-24(34)30-21(20)28-13-29-22/h5-8,13-15,18-19,23,27,33H,4,9-12H2,1-3H3,(H,28,29,30,34)/t15-,18+,19+,23?/m0/s1. The summed E-state index contributed by atoms with van der Waals surface area (Å²) >= 11 is 5.65. The van der Waals surface area contributed by atoms with Crippen molar-refractivity contribution in [3.63, 3.8) is 0 Å². The number of alkyl halides is 1. The Morgan fingerprint density at radius 2 is 2.06 bits per heavy atom. The number of halogens is 2. The number of hydrogen-bond donors (Lipinski definition) is 3. The fourth-order valence-electron chi connectivity index (χ4n) is 4.53. The molecule has 1 amide bonds. The number of aromatic nitrogens is 2. The van der Waals surface area contributed by atoms with Crippen molar-refractivity contribution in [2.24, 2.45) is 0 Å². The van der Waals surface area contributed by atoms with Gasteiger partial charge in [-0.15, -0.1) is 20.7 Å². The number of piperazine rings is 1. The maximum atomic E-state index is 11.8. The van der Waals surface area contributed by atoms with Gasteiger partial charge < -0.3 is 20.1 Å². The van der Waals surface area contributed by atoms with Crippen LogP contribution in [0.2, 0.25) is 5.02 Å². The number of benzene rings is 1. The van der Waals surface area contributed by atoms with Crippen LogP contribution < -0.4 is 15.5 Å². The molecule has 1 unspecified atom stereocenters. The average molecular weight is 615 g/mol. The minimum atomic E-state index is -0.663. The van der Waals surface area contributed by atoms with E-state index >= 15 is 0 Å². The van der Waals surface area contributed by atoms with Gasteiger partial charge in [0.05, 0.1) is 9.61 Å². The second kappa shape index (κ2) is 11.5. The molecule has 3 heterocycles. The smallest absolute Gasteiger partial charge is 0.413 e. The third kappa shape index (κ3) is 5.93. The lowest BCUT2D eigenvalue weighted by Gasteiger charge is -2.44. The average Bonchev–Trinajstić information content (AvgIpc) is 2.84. The van der Waals surface area contributed by atoms with Crippen LogP contribution in [-0.4, -0.2) is 73.1 Å². The summed E-state index contributed by atoms with van der Waals surface area (Å²) in [5, 5.41) is 18.4. The van der Waals surface area contributed by atoms with E-state index in [9.17, 15) is 9.90 Å². The molecule has 0 aliphatic carbocycles. The van der Waals surface area contributed by atoms with Gasteiger partial charge in [-0.1, -0.05) is 42.1 Å². The molecule has 1 saturated heterocycles. The maximum Gasteiger partial charge on any atom is 0.413 e. The zero-order valence-electron chi connectivity index (χ0n) is 20.1. The summed E-state index contributed by atoms with van der Waals surface area (Å²) in [6.45, 7) is 8.69. The number of rotatable bonds is 8. The van der Waals surface area contributed by atoms with Crippen LogP contribution in [0.3, 0.4) is 0 Å². The molecular formula is C24H32ClIN6O3. The van der Waals surface area contributed by atoms with Gasteiger partial charge in [0.15, 0.2) is 0 Å². The molecule has 1 aromatic heterocycles. The first-order chi connectivity index (χ1) is 16.8. The predicted molar refractivity (Wildman–Crippen MR) is 148 cm³/mol. The highest BCUT2D eigenvalue weighted by Gasteiger charge is 2.37. The first-order valence-electron chi connectivity index (χ1n) is 11.7. The molecule has 0 bridgehead atoms. The van der Waals surface area contributed by atoms with Crippen molar-refractivity contribution in [1.82, 2.24) is 20.2 Å². The monoisotopic (exact) mass is 614 g/mol. The highest BCUT2D eigenvalue weighted by atomic mass is 127. The third-order valence-corrected chi connectivity index (χ3v) is 8.69. The fraction of sp³-hybridized carbons (Fsp3) is 0.500. The van der Waals surface area contributed by atoms with Gasteiger partial charge in [0.25, 0.3) is 0 Å². The Kier molecular flexibility index (Phi) is 8.59. The normalized spacial score (nSPS) is 22.3. The molecule has 3 N–H and O–H groups in total. The summed E-state index contributed by atoms with van der Waals surface area (Å²) < 4.78 is 9.79. The Labute approximate surface area is 221 Å². The predicted octanol–water partition coefficient (Wildman–Crippen LogP) is 3.70. The number of fused-ring (bicyclic) bond motifs is 1. The molecule has 35 heavy (non-hydrogen) atoms. The molecule has 4 rings (SSSR count). The Morgan fingerprint density at radius 3 is 2.74 bits per heavy atom. The number of carbonyl (C=O) groups excluding carboxylic acids is 1. The van der Waals surface area contributed by atoms with Crippen molar-refractivity contribution in [1.29, 1.82) is 0 Å². The Balaban J connectivity index is 1.55. The maximum absolute atomic E-state index is 11.8.